The van der Waals surface area contributed by atoms with Crippen LogP contribution >= 0.6 is 9.24 Å². The van der Waals surface area contributed by atoms with Gasteiger partial charge in [0.2, 0.25) is 5.91 Å². The van der Waals surface area contributed by atoms with Gasteiger partial charge >= 0.3 is 0 Å². The molecule has 1 aliphatic heterocycles. The molecule has 1 aromatic heterocycles. The summed E-state index contributed by atoms with van der Waals surface area (Å²) >= 11 is 0. The molecule has 6 N–H and O–H groups in total. The molecule has 0 radical (unpaired) electrons. The van der Waals surface area contributed by atoms with Gasteiger partial charge in [-0.05, 0) is 78.0 Å². The largest absolute Gasteiger partial charge is 0.392 e. The van der Waals surface area contributed by atoms with Gasteiger partial charge < -0.3 is 26.0 Å². The summed E-state index contributed by atoms with van der Waals surface area (Å²) < 4.78 is 14.0. The Labute approximate surface area is 332 Å². The molecule has 54 heavy (non-hydrogen) atoms. The maximum absolute atomic E-state index is 12.1. The predicted molar refractivity (Wildman–Crippen MR) is 236 cm³/mol. The number of hydrogen-bond acceptors (Lipinski definition) is 7. The van der Waals surface area contributed by atoms with E-state index in [9.17, 15) is 14.3 Å². The lowest BCUT2D eigenvalue weighted by molar-refractivity contribution is -0.114. The van der Waals surface area contributed by atoms with Crippen molar-refractivity contribution in [3.63, 3.8) is 0 Å². The number of likely N-dealkylation sites (tertiary alicyclic amines) is 1. The third-order valence-electron chi connectivity index (χ3n) is 7.60. The third-order valence-corrected chi connectivity index (χ3v) is 7.87. The molecule has 1 amide bonds. The molecule has 0 spiro atoms. The Kier molecular flexibility index (Phi) is 38.0. The van der Waals surface area contributed by atoms with E-state index in [-0.39, 0.29) is 29.9 Å². The number of aliphatic hydroxyl groups is 1. The standard InChI is InChI=1S/C19H27N5O2.C8H20N2.C7H9F.C4H9P.C3H8.C2H6/c1-15(25)22-19-13-24(14-21-19)18-7-3-2-5-16(18)11-20-8-10-23-9-4-6-17(26)12-23;1-5-7(3)10-8(4,9)6-2;1-3-5-6-7(8)4-2;1-2-3-4-5;1-3-2;1-2/h2-3,5,7,13-14,17,20,26H,4,6,8-12H2,1H3,(H,22,25);7,10H,5-6,9H2,1-4H3;4H,6H2,1-2H3;3-4H,2,5H2,1H3;3H2,1-2H3;1-2H3/b;;7-4+;4-3+;;/t;7?,8-;;;;/m.0..../s1. The van der Waals surface area contributed by atoms with E-state index in [2.05, 4.69) is 101 Å². The van der Waals surface area contributed by atoms with Crippen LogP contribution in [0.25, 0.3) is 5.69 Å². The van der Waals surface area contributed by atoms with E-state index < -0.39 is 0 Å². The topological polar surface area (TPSA) is 120 Å². The van der Waals surface area contributed by atoms with Crippen LogP contribution in [0.1, 0.15) is 134 Å². The number of imidazole rings is 1. The SMILES string of the molecule is CC.CC#CC/C(F)=C\C.CC(=O)Nc1cn(-c2ccccc2CNCCN2CCCC(O)C2)cn1.CC/C=C/P.CCC.CCC(C)N[C@](C)(N)CC. The smallest absolute Gasteiger partial charge is 0.222 e. The number of hydrogen-bond donors (Lipinski definition) is 5. The summed E-state index contributed by atoms with van der Waals surface area (Å²) in [5, 5.41) is 19.2. The summed E-state index contributed by atoms with van der Waals surface area (Å²) in [7, 11) is 2.52. The molecule has 2 aromatic rings. The lowest BCUT2D eigenvalue weighted by Gasteiger charge is -2.29. The molecule has 3 rings (SSSR count). The average molecular weight is 776 g/mol. The number of β-amino-alcohol motifs (C(OH)–C–C–N with tert-alkyl or cyclic N) is 1. The zero-order chi connectivity index (χ0) is 41.8. The predicted octanol–water partition coefficient (Wildman–Crippen LogP) is 9.34. The van der Waals surface area contributed by atoms with Crippen molar-refractivity contribution in [2.45, 2.75) is 152 Å². The van der Waals surface area contributed by atoms with Gasteiger partial charge in [0, 0.05) is 39.1 Å². The van der Waals surface area contributed by atoms with Gasteiger partial charge in [-0.25, -0.2) is 9.37 Å². The van der Waals surface area contributed by atoms with Crippen LogP contribution in [0.15, 0.2) is 60.6 Å². The van der Waals surface area contributed by atoms with Crippen molar-refractivity contribution in [1.82, 2.24) is 25.1 Å². The van der Waals surface area contributed by atoms with Crippen molar-refractivity contribution in [2.24, 2.45) is 5.73 Å². The van der Waals surface area contributed by atoms with Crippen molar-refractivity contribution < 1.29 is 14.3 Å². The second-order valence-corrected chi connectivity index (χ2v) is 13.2. The number of halogens is 1. The number of nitrogens with one attached hydrogen (secondary N) is 3. The van der Waals surface area contributed by atoms with Gasteiger partial charge in [0.1, 0.15) is 12.2 Å². The minimum atomic E-state index is -0.185. The fraction of sp³-hybridized carbons (Fsp3) is 0.628. The summed E-state index contributed by atoms with van der Waals surface area (Å²) in [6.07, 6.45) is 13.6. The number of anilines is 1. The highest BCUT2D eigenvalue weighted by atomic mass is 31.0. The zero-order valence-electron chi connectivity index (χ0n) is 36.1. The summed E-state index contributed by atoms with van der Waals surface area (Å²) in [4.78, 5) is 17.7. The van der Waals surface area contributed by atoms with Crippen molar-refractivity contribution in [3.8, 4) is 17.5 Å². The van der Waals surface area contributed by atoms with E-state index in [0.717, 1.165) is 76.1 Å². The number of para-hydroxylation sites is 1. The minimum absolute atomic E-state index is 0.131. The molecular weight excluding hydrogens is 696 g/mol. The number of rotatable bonds is 13. The number of allylic oxidation sites excluding steroid dienone is 3. The normalized spacial score (nSPS) is 15.3. The van der Waals surface area contributed by atoms with Crippen LogP contribution in [0.3, 0.4) is 0 Å². The van der Waals surface area contributed by atoms with Crippen molar-refractivity contribution >= 4 is 21.0 Å². The second-order valence-electron chi connectivity index (χ2n) is 12.9. The molecule has 1 fully saturated rings. The van der Waals surface area contributed by atoms with Crippen molar-refractivity contribution in [2.75, 3.05) is 31.5 Å². The number of aliphatic hydroxyl groups excluding tert-OH is 1. The number of carbonyl (C=O) groups is 1. The Morgan fingerprint density at radius 1 is 1.22 bits per heavy atom. The first-order valence-corrected chi connectivity index (χ1v) is 20.6. The van der Waals surface area contributed by atoms with Crippen LogP contribution in [-0.4, -0.2) is 69.5 Å². The molecule has 11 heteroatoms. The van der Waals surface area contributed by atoms with Gasteiger partial charge in [0.15, 0.2) is 5.82 Å². The molecule has 0 aliphatic carbocycles. The highest BCUT2D eigenvalue weighted by Crippen LogP contribution is 2.17. The number of nitrogens with zero attached hydrogens (tertiary/aromatic N) is 3. The molecule has 2 heterocycles. The molecule has 1 aliphatic rings. The number of nitrogens with two attached hydrogens (primary N) is 1. The molecule has 4 atom stereocenters. The van der Waals surface area contributed by atoms with Gasteiger partial charge in [-0.2, -0.15) is 0 Å². The maximum atomic E-state index is 12.1. The number of amides is 1. The summed E-state index contributed by atoms with van der Waals surface area (Å²) in [6.45, 7) is 28.0. The van der Waals surface area contributed by atoms with E-state index >= 15 is 0 Å². The highest BCUT2D eigenvalue weighted by Gasteiger charge is 2.17. The lowest BCUT2D eigenvalue weighted by Crippen LogP contribution is -2.53. The van der Waals surface area contributed by atoms with Gasteiger partial charge in [0.05, 0.1) is 30.1 Å². The van der Waals surface area contributed by atoms with Crippen LogP contribution in [-0.2, 0) is 11.3 Å². The van der Waals surface area contributed by atoms with Crippen molar-refractivity contribution in [3.05, 3.63) is 66.1 Å². The molecule has 0 saturated carbocycles. The minimum Gasteiger partial charge on any atom is -0.392 e. The van der Waals surface area contributed by atoms with Crippen LogP contribution in [0.4, 0.5) is 10.2 Å². The number of aromatic nitrogens is 2. The van der Waals surface area contributed by atoms with E-state index in [1.165, 1.54) is 19.4 Å². The van der Waals surface area contributed by atoms with Gasteiger partial charge in [-0.1, -0.05) is 97.0 Å². The molecule has 1 saturated heterocycles. The molecule has 1 aromatic carbocycles. The Morgan fingerprint density at radius 2 is 1.87 bits per heavy atom. The first kappa shape index (κ1) is 55.4. The van der Waals surface area contributed by atoms with Gasteiger partial charge in [0.25, 0.3) is 0 Å². The van der Waals surface area contributed by atoms with E-state index in [1.54, 1.807) is 20.2 Å². The monoisotopic (exact) mass is 776 g/mol. The van der Waals surface area contributed by atoms with Crippen LogP contribution in [0.2, 0.25) is 0 Å². The number of piperidine rings is 1. The Morgan fingerprint density at radius 3 is 2.37 bits per heavy atom. The molecule has 0 bridgehead atoms. The molecule has 3 unspecified atom stereocenters. The second kappa shape index (κ2) is 37.0. The van der Waals surface area contributed by atoms with E-state index in [0.29, 0.717) is 11.9 Å². The third kappa shape index (κ3) is 31.5. The number of carbonyl (C=O) groups excluding carboxylic acids is 1. The summed E-state index contributed by atoms with van der Waals surface area (Å²) in [6, 6.07) is 8.66. The van der Waals surface area contributed by atoms with E-state index in [4.69, 9.17) is 5.73 Å². The van der Waals surface area contributed by atoms with Crippen LogP contribution in [0.5, 0.6) is 0 Å². The Bertz CT molecular complexity index is 1300. The van der Waals surface area contributed by atoms with Gasteiger partial charge in [-0.3, -0.25) is 15.0 Å². The first-order chi connectivity index (χ1) is 25.8. The average Bonchev–Trinajstić information content (AvgIpc) is 3.62. The summed E-state index contributed by atoms with van der Waals surface area (Å²) in [5.74, 6) is 7.44. The van der Waals surface area contributed by atoms with E-state index in [1.807, 2.05) is 55.6 Å². The fourth-order valence-corrected chi connectivity index (χ4v) is 4.76. The quantitative estimate of drug-likeness (QED) is 0.0596. The van der Waals surface area contributed by atoms with Crippen LogP contribution in [0, 0.1) is 11.8 Å². The highest BCUT2D eigenvalue weighted by molar-refractivity contribution is 7.20. The van der Waals surface area contributed by atoms with Crippen molar-refractivity contribution in [1.29, 1.82) is 0 Å². The first-order valence-electron chi connectivity index (χ1n) is 19.9. The molecule has 9 nitrogen and oxygen atoms in total. The van der Waals surface area contributed by atoms with Crippen LogP contribution < -0.4 is 21.7 Å². The lowest BCUT2D eigenvalue weighted by atomic mass is 10.1. The zero-order valence-corrected chi connectivity index (χ0v) is 37.2. The number of benzene rings is 1. The maximum Gasteiger partial charge on any atom is 0.222 e. The molecular formula is C43H79FN7O2P. The Hall–Kier alpha value is -2.90. The fourth-order valence-electron chi connectivity index (χ4n) is 4.48. The molecule has 310 valence electrons. The van der Waals surface area contributed by atoms with Gasteiger partial charge in [-0.15, -0.1) is 15.2 Å². The Balaban J connectivity index is -0.000000763. The summed E-state index contributed by atoms with van der Waals surface area (Å²) in [5.41, 5.74) is 7.90.